The first-order chi connectivity index (χ1) is 6.43. The Kier molecular flexibility index (Phi) is 5.38. The van der Waals surface area contributed by atoms with Gasteiger partial charge in [-0.2, -0.15) is 0 Å². The van der Waals surface area contributed by atoms with E-state index in [9.17, 15) is 0 Å². The summed E-state index contributed by atoms with van der Waals surface area (Å²) >= 11 is 0. The summed E-state index contributed by atoms with van der Waals surface area (Å²) in [6, 6.07) is 0. The van der Waals surface area contributed by atoms with Crippen LogP contribution in [-0.4, -0.2) is 31.1 Å². The standard InChI is InChI=1S/C9H18N4/c10-12-11-6-2-5-9-13-7-3-1-4-8-13/h1-9H2. The van der Waals surface area contributed by atoms with Crippen LogP contribution in [0.3, 0.4) is 0 Å². The Hall–Kier alpha value is -0.730. The fourth-order valence-electron chi connectivity index (χ4n) is 1.75. The van der Waals surface area contributed by atoms with Crippen LogP contribution in [-0.2, 0) is 0 Å². The molecule has 1 fully saturated rings. The smallest absolute Gasteiger partial charge is 0.0258 e. The quantitative estimate of drug-likeness (QED) is 0.279. The van der Waals surface area contributed by atoms with Crippen molar-refractivity contribution in [2.75, 3.05) is 26.2 Å². The predicted molar refractivity (Wildman–Crippen MR) is 53.5 cm³/mol. The highest BCUT2D eigenvalue weighted by atomic mass is 15.1. The van der Waals surface area contributed by atoms with Crippen LogP contribution in [0.5, 0.6) is 0 Å². The van der Waals surface area contributed by atoms with E-state index in [-0.39, 0.29) is 0 Å². The molecule has 1 rings (SSSR count). The van der Waals surface area contributed by atoms with Crippen LogP contribution in [0.4, 0.5) is 0 Å². The molecule has 0 radical (unpaired) electrons. The highest BCUT2D eigenvalue weighted by Gasteiger charge is 2.08. The number of likely N-dealkylation sites (tertiary alicyclic amines) is 1. The van der Waals surface area contributed by atoms with Crippen LogP contribution in [0.1, 0.15) is 32.1 Å². The summed E-state index contributed by atoms with van der Waals surface area (Å²) in [6.45, 7) is 4.37. The number of rotatable bonds is 5. The van der Waals surface area contributed by atoms with Gasteiger partial charge >= 0.3 is 0 Å². The molecule has 0 spiro atoms. The van der Waals surface area contributed by atoms with E-state index in [1.165, 1.54) is 45.3 Å². The van der Waals surface area contributed by atoms with Crippen molar-refractivity contribution >= 4 is 0 Å². The molecule has 1 aliphatic heterocycles. The monoisotopic (exact) mass is 182 g/mol. The molecule has 0 unspecified atom stereocenters. The molecule has 4 nitrogen and oxygen atoms in total. The maximum absolute atomic E-state index is 8.06. The zero-order valence-electron chi connectivity index (χ0n) is 8.15. The van der Waals surface area contributed by atoms with Crippen LogP contribution >= 0.6 is 0 Å². The van der Waals surface area contributed by atoms with E-state index in [1.54, 1.807) is 0 Å². The maximum Gasteiger partial charge on any atom is 0.0258 e. The second-order valence-electron chi connectivity index (χ2n) is 3.56. The Morgan fingerprint density at radius 1 is 1.15 bits per heavy atom. The number of nitrogens with zero attached hydrogens (tertiary/aromatic N) is 4. The molecule has 0 N–H and O–H groups in total. The first-order valence-electron chi connectivity index (χ1n) is 5.16. The highest BCUT2D eigenvalue weighted by molar-refractivity contribution is 4.64. The lowest BCUT2D eigenvalue weighted by molar-refractivity contribution is 0.225. The molecule has 0 aromatic carbocycles. The number of hydrogen-bond donors (Lipinski definition) is 0. The number of hydrogen-bond acceptors (Lipinski definition) is 2. The molecule has 1 heterocycles. The van der Waals surface area contributed by atoms with Gasteiger partial charge < -0.3 is 4.90 Å². The van der Waals surface area contributed by atoms with Gasteiger partial charge in [-0.05, 0) is 50.8 Å². The number of azide groups is 1. The van der Waals surface area contributed by atoms with Crippen molar-refractivity contribution < 1.29 is 0 Å². The van der Waals surface area contributed by atoms with Gasteiger partial charge in [0.2, 0.25) is 0 Å². The third kappa shape index (κ3) is 4.76. The topological polar surface area (TPSA) is 52.0 Å². The van der Waals surface area contributed by atoms with Gasteiger partial charge in [-0.3, -0.25) is 0 Å². The minimum absolute atomic E-state index is 0.657. The zero-order valence-corrected chi connectivity index (χ0v) is 8.15. The van der Waals surface area contributed by atoms with E-state index in [1.807, 2.05) is 0 Å². The van der Waals surface area contributed by atoms with E-state index < -0.39 is 0 Å². The summed E-state index contributed by atoms with van der Waals surface area (Å²) < 4.78 is 0. The second-order valence-corrected chi connectivity index (χ2v) is 3.56. The van der Waals surface area contributed by atoms with Gasteiger partial charge in [0.15, 0.2) is 0 Å². The lowest BCUT2D eigenvalue weighted by Gasteiger charge is -2.26. The number of piperidine rings is 1. The zero-order chi connectivity index (χ0) is 9.36. The fraction of sp³-hybridized carbons (Fsp3) is 1.00. The van der Waals surface area contributed by atoms with Crippen molar-refractivity contribution in [2.24, 2.45) is 5.11 Å². The van der Waals surface area contributed by atoms with Gasteiger partial charge in [0.1, 0.15) is 0 Å². The third-order valence-electron chi connectivity index (χ3n) is 2.49. The predicted octanol–water partition coefficient (Wildman–Crippen LogP) is 2.56. The van der Waals surface area contributed by atoms with Crippen LogP contribution in [0.2, 0.25) is 0 Å². The molecule has 0 atom stereocenters. The Morgan fingerprint density at radius 3 is 2.62 bits per heavy atom. The van der Waals surface area contributed by atoms with Crippen molar-refractivity contribution in [3.8, 4) is 0 Å². The molecule has 4 heteroatoms. The summed E-state index contributed by atoms with van der Waals surface area (Å²) in [6.07, 6.45) is 6.31. The molecule has 0 aromatic rings. The van der Waals surface area contributed by atoms with Crippen molar-refractivity contribution in [1.82, 2.24) is 4.90 Å². The van der Waals surface area contributed by atoms with E-state index in [4.69, 9.17) is 5.53 Å². The minimum Gasteiger partial charge on any atom is -0.303 e. The average Bonchev–Trinajstić information content (AvgIpc) is 2.19. The van der Waals surface area contributed by atoms with Crippen LogP contribution in [0.15, 0.2) is 5.11 Å². The third-order valence-corrected chi connectivity index (χ3v) is 2.49. The minimum atomic E-state index is 0.657. The maximum atomic E-state index is 8.06. The summed E-state index contributed by atoms with van der Waals surface area (Å²) in [4.78, 5) is 5.24. The number of unbranched alkanes of at least 4 members (excludes halogenated alkanes) is 1. The van der Waals surface area contributed by atoms with Crippen molar-refractivity contribution in [3.05, 3.63) is 10.4 Å². The fourth-order valence-corrected chi connectivity index (χ4v) is 1.75. The Bertz CT molecular complexity index is 168. The Morgan fingerprint density at radius 2 is 1.92 bits per heavy atom. The van der Waals surface area contributed by atoms with E-state index in [0.717, 1.165) is 6.42 Å². The van der Waals surface area contributed by atoms with Gasteiger partial charge in [-0.15, -0.1) is 0 Å². The van der Waals surface area contributed by atoms with E-state index >= 15 is 0 Å². The van der Waals surface area contributed by atoms with Gasteiger partial charge in [0, 0.05) is 11.5 Å². The molecule has 0 bridgehead atoms. The summed E-state index contributed by atoms with van der Waals surface area (Å²) in [5, 5.41) is 3.52. The van der Waals surface area contributed by atoms with Gasteiger partial charge in [0.05, 0.1) is 0 Å². The van der Waals surface area contributed by atoms with Crippen molar-refractivity contribution in [2.45, 2.75) is 32.1 Å². The van der Waals surface area contributed by atoms with Crippen LogP contribution in [0.25, 0.3) is 10.4 Å². The Labute approximate surface area is 79.5 Å². The first kappa shape index (κ1) is 10.4. The molecule has 0 aliphatic carbocycles. The largest absolute Gasteiger partial charge is 0.303 e. The van der Waals surface area contributed by atoms with Gasteiger partial charge in [-0.25, -0.2) is 0 Å². The van der Waals surface area contributed by atoms with Crippen LogP contribution < -0.4 is 0 Å². The van der Waals surface area contributed by atoms with Gasteiger partial charge in [-0.1, -0.05) is 11.5 Å². The van der Waals surface area contributed by atoms with Gasteiger partial charge in [0.25, 0.3) is 0 Å². The highest BCUT2D eigenvalue weighted by Crippen LogP contribution is 2.09. The molecule has 1 saturated heterocycles. The Balaban J connectivity index is 1.94. The normalized spacial score (nSPS) is 18.2. The van der Waals surface area contributed by atoms with Crippen LogP contribution in [0, 0.1) is 0 Å². The molecule has 1 aliphatic rings. The summed E-state index contributed by atoms with van der Waals surface area (Å²) in [7, 11) is 0. The summed E-state index contributed by atoms with van der Waals surface area (Å²) in [5.41, 5.74) is 8.06. The molecule has 13 heavy (non-hydrogen) atoms. The molecule has 0 saturated carbocycles. The molecule has 74 valence electrons. The van der Waals surface area contributed by atoms with E-state index in [0.29, 0.717) is 6.54 Å². The molecular weight excluding hydrogens is 164 g/mol. The molecule has 0 amide bonds. The van der Waals surface area contributed by atoms with Crippen molar-refractivity contribution in [3.63, 3.8) is 0 Å². The molecule has 0 aromatic heterocycles. The first-order valence-corrected chi connectivity index (χ1v) is 5.16. The SMILES string of the molecule is [N-]=[N+]=NCCCCN1CCCCC1. The second kappa shape index (κ2) is 6.75. The lowest BCUT2D eigenvalue weighted by atomic mass is 10.1. The van der Waals surface area contributed by atoms with E-state index in [2.05, 4.69) is 14.9 Å². The molecular formula is C9H18N4. The van der Waals surface area contributed by atoms with Crippen molar-refractivity contribution in [1.29, 1.82) is 0 Å². The summed E-state index contributed by atoms with van der Waals surface area (Å²) in [5.74, 6) is 0. The lowest BCUT2D eigenvalue weighted by Crippen LogP contribution is -2.30. The average molecular weight is 182 g/mol.